The Balaban J connectivity index is 2.17. The monoisotopic (exact) mass is 394 g/mol. The number of nitrogens with zero attached hydrogens (tertiary/aromatic N) is 1. The quantitative estimate of drug-likeness (QED) is 0.689. The van der Waals surface area contributed by atoms with Crippen LogP contribution in [0.25, 0.3) is 18.3 Å². The summed E-state index contributed by atoms with van der Waals surface area (Å²) in [5.74, 6) is 3.04. The number of rotatable bonds is 4. The molecule has 3 aromatic rings. The van der Waals surface area contributed by atoms with E-state index in [1.54, 1.807) is 12.1 Å². The van der Waals surface area contributed by atoms with E-state index in [0.717, 1.165) is 15.7 Å². The molecule has 0 saturated heterocycles. The second-order valence-electron chi connectivity index (χ2n) is 5.30. The molecule has 0 saturated carbocycles. The van der Waals surface area contributed by atoms with Crippen LogP contribution < -0.4 is 20.9 Å². The molecular weight excluding hydrogens is 380 g/mol. The molecule has 2 aromatic carbocycles. The number of hydrogen-bond donors (Lipinski definition) is 1. The Kier molecular flexibility index (Phi) is 4.92. The van der Waals surface area contributed by atoms with Crippen molar-refractivity contribution in [2.75, 3.05) is 6.61 Å². The summed E-state index contributed by atoms with van der Waals surface area (Å²) in [4.78, 5) is 12.8. The smallest absolute Gasteiger partial charge is 0.279 e. The van der Waals surface area contributed by atoms with E-state index in [9.17, 15) is 4.79 Å². The molecule has 1 heterocycles. The van der Waals surface area contributed by atoms with E-state index in [1.807, 2.05) is 42.5 Å². The third-order valence-corrected chi connectivity index (χ3v) is 4.10. The highest BCUT2D eigenvalue weighted by molar-refractivity contribution is 9.10. The van der Waals surface area contributed by atoms with Crippen molar-refractivity contribution in [3.8, 4) is 23.8 Å². The third kappa shape index (κ3) is 3.59. The number of benzene rings is 2. The second-order valence-corrected chi connectivity index (χ2v) is 6.22. The largest absolute Gasteiger partial charge is 0.480 e. The summed E-state index contributed by atoms with van der Waals surface area (Å²) in [7, 11) is 0. The predicted molar refractivity (Wildman–Crippen MR) is 103 cm³/mol. The number of aromatic nitrogens is 2. The molecule has 0 aliphatic rings. The molecule has 1 N–H and O–H groups in total. The van der Waals surface area contributed by atoms with Crippen LogP contribution in [-0.4, -0.2) is 16.4 Å². The van der Waals surface area contributed by atoms with Crippen LogP contribution in [0.4, 0.5) is 0 Å². The number of nitrogens with one attached hydrogen (secondary N) is 1. The molecule has 0 aliphatic heterocycles. The maximum atomic E-state index is 12.8. The highest BCUT2D eigenvalue weighted by Gasteiger charge is 2.07. The van der Waals surface area contributed by atoms with E-state index in [1.165, 1.54) is 4.68 Å². The zero-order valence-corrected chi connectivity index (χ0v) is 14.9. The standard InChI is InChI=1S/C20H15BrN2O2/c1-3-11-25-19-10-9-16(21)12-15(19)13-18-14(2)22-23(20(18)24)17-7-5-4-6-8-17/h1,4-10,12-13,22H,2,11H2/b18-13-. The van der Waals surface area contributed by atoms with E-state index >= 15 is 0 Å². The molecule has 0 fully saturated rings. The molecule has 3 rings (SSSR count). The zero-order valence-electron chi connectivity index (χ0n) is 13.3. The van der Waals surface area contributed by atoms with Gasteiger partial charge in [-0.25, -0.2) is 4.68 Å². The molecule has 0 amide bonds. The zero-order chi connectivity index (χ0) is 17.8. The van der Waals surface area contributed by atoms with Crippen LogP contribution in [0.1, 0.15) is 5.56 Å². The topological polar surface area (TPSA) is 47.0 Å². The molecule has 0 unspecified atom stereocenters. The van der Waals surface area contributed by atoms with Crippen molar-refractivity contribution >= 4 is 28.6 Å². The van der Waals surface area contributed by atoms with Crippen molar-refractivity contribution < 1.29 is 4.74 Å². The van der Waals surface area contributed by atoms with Gasteiger partial charge in [0.1, 0.15) is 12.4 Å². The van der Waals surface area contributed by atoms with Crippen molar-refractivity contribution in [2.24, 2.45) is 0 Å². The average molecular weight is 395 g/mol. The number of aromatic amines is 1. The lowest BCUT2D eigenvalue weighted by atomic mass is 10.1. The lowest BCUT2D eigenvalue weighted by Gasteiger charge is -2.06. The SMILES string of the molecule is C#CCOc1ccc(Br)cc1/C=c1/c(=C)[nH]n(-c2ccccc2)c1=O. The Morgan fingerprint density at radius 1 is 1.28 bits per heavy atom. The van der Waals surface area contributed by atoms with Crippen LogP contribution in [-0.2, 0) is 0 Å². The van der Waals surface area contributed by atoms with Gasteiger partial charge in [0.25, 0.3) is 5.56 Å². The highest BCUT2D eigenvalue weighted by atomic mass is 79.9. The normalized spacial score (nSPS) is 11.3. The van der Waals surface area contributed by atoms with E-state index < -0.39 is 0 Å². The Labute approximate surface area is 153 Å². The summed E-state index contributed by atoms with van der Waals surface area (Å²) in [6, 6.07) is 14.9. The summed E-state index contributed by atoms with van der Waals surface area (Å²) >= 11 is 3.43. The number of halogens is 1. The van der Waals surface area contributed by atoms with Gasteiger partial charge < -0.3 is 4.74 Å². The molecule has 4 nitrogen and oxygen atoms in total. The Bertz CT molecular complexity index is 1110. The number of terminal acetylenes is 1. The van der Waals surface area contributed by atoms with E-state index in [4.69, 9.17) is 11.2 Å². The number of ether oxygens (including phenoxy) is 1. The lowest BCUT2D eigenvalue weighted by Crippen LogP contribution is -2.34. The maximum Gasteiger partial charge on any atom is 0.279 e. The predicted octanol–water partition coefficient (Wildman–Crippen LogP) is 2.18. The molecule has 0 spiro atoms. The fraction of sp³-hybridized carbons (Fsp3) is 0.0500. The summed E-state index contributed by atoms with van der Waals surface area (Å²) in [6.45, 7) is 4.10. The number of H-pyrrole nitrogens is 1. The molecule has 25 heavy (non-hydrogen) atoms. The molecule has 0 aliphatic carbocycles. The molecule has 0 atom stereocenters. The summed E-state index contributed by atoms with van der Waals surface area (Å²) < 4.78 is 7.90. The van der Waals surface area contributed by atoms with Crippen LogP contribution in [0.15, 0.2) is 57.8 Å². The van der Waals surface area contributed by atoms with Gasteiger partial charge in [0, 0.05) is 10.0 Å². The minimum Gasteiger partial charge on any atom is -0.480 e. The van der Waals surface area contributed by atoms with Gasteiger partial charge in [-0.3, -0.25) is 9.89 Å². The van der Waals surface area contributed by atoms with Gasteiger partial charge in [-0.05, 0) is 36.4 Å². The summed E-state index contributed by atoms with van der Waals surface area (Å²) in [5.41, 5.74) is 1.31. The maximum absolute atomic E-state index is 12.8. The molecule has 124 valence electrons. The Morgan fingerprint density at radius 2 is 2.04 bits per heavy atom. The van der Waals surface area contributed by atoms with Crippen molar-refractivity contribution in [3.63, 3.8) is 0 Å². The Hall–Kier alpha value is -2.97. The van der Waals surface area contributed by atoms with Gasteiger partial charge in [-0.15, -0.1) is 6.42 Å². The molecule has 0 radical (unpaired) electrons. The van der Waals surface area contributed by atoms with Crippen molar-refractivity contribution in [3.05, 3.63) is 79.5 Å². The first-order chi connectivity index (χ1) is 12.1. The first-order valence-corrected chi connectivity index (χ1v) is 8.32. The van der Waals surface area contributed by atoms with Gasteiger partial charge >= 0.3 is 0 Å². The summed E-state index contributed by atoms with van der Waals surface area (Å²) in [5, 5.41) is 3.99. The summed E-state index contributed by atoms with van der Waals surface area (Å²) in [6.07, 6.45) is 7.01. The third-order valence-electron chi connectivity index (χ3n) is 3.60. The van der Waals surface area contributed by atoms with Crippen molar-refractivity contribution in [1.29, 1.82) is 0 Å². The van der Waals surface area contributed by atoms with E-state index in [2.05, 4.69) is 33.5 Å². The fourth-order valence-corrected chi connectivity index (χ4v) is 2.82. The molecule has 1 aromatic heterocycles. The second kappa shape index (κ2) is 7.29. The van der Waals surface area contributed by atoms with E-state index in [-0.39, 0.29) is 12.2 Å². The number of para-hydroxylation sites is 1. The van der Waals surface area contributed by atoms with E-state index in [0.29, 0.717) is 16.3 Å². The molecule has 5 heteroatoms. The lowest BCUT2D eigenvalue weighted by molar-refractivity contribution is 0.369. The first-order valence-electron chi connectivity index (χ1n) is 7.53. The minimum absolute atomic E-state index is 0.154. The first kappa shape index (κ1) is 16.9. The van der Waals surface area contributed by atoms with Crippen molar-refractivity contribution in [2.45, 2.75) is 0 Å². The van der Waals surface area contributed by atoms with Crippen LogP contribution in [0.5, 0.6) is 5.75 Å². The van der Waals surface area contributed by atoms with Crippen molar-refractivity contribution in [1.82, 2.24) is 9.78 Å². The van der Waals surface area contributed by atoms with Crippen LogP contribution >= 0.6 is 15.9 Å². The van der Waals surface area contributed by atoms with Crippen LogP contribution in [0, 0.1) is 12.3 Å². The van der Waals surface area contributed by atoms with Gasteiger partial charge in [0.2, 0.25) is 0 Å². The number of hydrogen-bond acceptors (Lipinski definition) is 2. The minimum atomic E-state index is -0.181. The van der Waals surface area contributed by atoms with Crippen LogP contribution in [0.3, 0.4) is 0 Å². The van der Waals surface area contributed by atoms with Gasteiger partial charge in [0.15, 0.2) is 0 Å². The fourth-order valence-electron chi connectivity index (χ4n) is 2.44. The van der Waals surface area contributed by atoms with Gasteiger partial charge in [-0.2, -0.15) is 0 Å². The highest BCUT2D eigenvalue weighted by Crippen LogP contribution is 2.23. The Morgan fingerprint density at radius 3 is 2.76 bits per heavy atom. The average Bonchev–Trinajstić information content (AvgIpc) is 2.90. The van der Waals surface area contributed by atoms with Gasteiger partial charge in [0.05, 0.1) is 16.3 Å². The van der Waals surface area contributed by atoms with Crippen LogP contribution in [0.2, 0.25) is 0 Å². The van der Waals surface area contributed by atoms with Gasteiger partial charge in [-0.1, -0.05) is 46.6 Å². The molecule has 0 bridgehead atoms. The molecular formula is C20H15BrN2O2.